The minimum absolute atomic E-state index is 0.125. The molecular formula is C18H16Cl2N2O. The summed E-state index contributed by atoms with van der Waals surface area (Å²) in [6.07, 6.45) is 2.92. The quantitative estimate of drug-likeness (QED) is 0.696. The van der Waals surface area contributed by atoms with Gasteiger partial charge in [0.25, 0.3) is 0 Å². The van der Waals surface area contributed by atoms with E-state index in [4.69, 9.17) is 23.2 Å². The van der Waals surface area contributed by atoms with Crippen molar-refractivity contribution in [2.75, 3.05) is 5.32 Å². The number of halogens is 2. The van der Waals surface area contributed by atoms with E-state index in [9.17, 15) is 4.79 Å². The number of anilines is 1. The second-order valence-electron chi connectivity index (χ2n) is 5.40. The summed E-state index contributed by atoms with van der Waals surface area (Å²) in [5.41, 5.74) is 2.92. The summed E-state index contributed by atoms with van der Waals surface area (Å²) in [4.78, 5) is 12.3. The molecule has 1 amide bonds. The molecular weight excluding hydrogens is 331 g/mol. The summed E-state index contributed by atoms with van der Waals surface area (Å²) in [7, 11) is 0. The predicted molar refractivity (Wildman–Crippen MR) is 96.4 cm³/mol. The highest BCUT2D eigenvalue weighted by molar-refractivity contribution is 6.35. The molecule has 0 fully saturated rings. The molecule has 5 heteroatoms. The molecule has 0 atom stereocenters. The number of hydrogen-bond acceptors (Lipinski definition) is 1. The van der Waals surface area contributed by atoms with Gasteiger partial charge in [0, 0.05) is 27.4 Å². The third-order valence-corrected chi connectivity index (χ3v) is 4.14. The van der Waals surface area contributed by atoms with E-state index >= 15 is 0 Å². The van der Waals surface area contributed by atoms with Gasteiger partial charge in [-0.05, 0) is 53.8 Å². The maximum absolute atomic E-state index is 12.3. The highest BCUT2D eigenvalue weighted by atomic mass is 35.5. The smallest absolute Gasteiger partial charge is 0.244 e. The van der Waals surface area contributed by atoms with Gasteiger partial charge in [0.2, 0.25) is 5.91 Å². The molecule has 3 aromatic rings. The first-order valence-corrected chi connectivity index (χ1v) is 8.14. The Kier molecular flexibility index (Phi) is 4.60. The molecule has 0 aliphatic rings. The van der Waals surface area contributed by atoms with Crippen LogP contribution in [0, 0.1) is 0 Å². The van der Waals surface area contributed by atoms with Crippen LogP contribution in [-0.4, -0.2) is 10.5 Å². The number of carbonyl (C=O) groups excluding carboxylic acids is 1. The lowest BCUT2D eigenvalue weighted by Crippen LogP contribution is -2.18. The monoisotopic (exact) mass is 346 g/mol. The molecule has 0 saturated heterocycles. The van der Waals surface area contributed by atoms with Crippen molar-refractivity contribution in [3.8, 4) is 0 Å². The molecule has 1 aromatic heterocycles. The second kappa shape index (κ2) is 6.65. The molecule has 118 valence electrons. The van der Waals surface area contributed by atoms with E-state index in [0.29, 0.717) is 15.7 Å². The topological polar surface area (TPSA) is 34.0 Å². The van der Waals surface area contributed by atoms with Gasteiger partial charge in [-0.25, -0.2) is 0 Å². The van der Waals surface area contributed by atoms with Gasteiger partial charge >= 0.3 is 0 Å². The number of benzene rings is 2. The van der Waals surface area contributed by atoms with Crippen LogP contribution in [0.2, 0.25) is 10.0 Å². The number of aryl methyl sites for hydroxylation is 1. The van der Waals surface area contributed by atoms with Gasteiger partial charge in [0.05, 0.1) is 0 Å². The Morgan fingerprint density at radius 2 is 1.83 bits per heavy atom. The number of carbonyl (C=O) groups is 1. The molecule has 0 bridgehead atoms. The average Bonchev–Trinajstić information content (AvgIpc) is 2.88. The normalized spacial score (nSPS) is 10.9. The molecule has 0 spiro atoms. The van der Waals surface area contributed by atoms with Crippen LogP contribution in [-0.2, 0) is 17.8 Å². The van der Waals surface area contributed by atoms with Crippen molar-refractivity contribution < 1.29 is 4.79 Å². The van der Waals surface area contributed by atoms with Crippen LogP contribution in [0.1, 0.15) is 12.5 Å². The Balaban J connectivity index is 1.77. The molecule has 0 unspecified atom stereocenters. The number of aromatic nitrogens is 1. The zero-order valence-corrected chi connectivity index (χ0v) is 14.2. The minimum atomic E-state index is -0.125. The highest BCUT2D eigenvalue weighted by Crippen LogP contribution is 2.23. The number of amides is 1. The van der Waals surface area contributed by atoms with Crippen LogP contribution in [0.25, 0.3) is 10.9 Å². The van der Waals surface area contributed by atoms with E-state index in [0.717, 1.165) is 17.3 Å². The number of hydrogen-bond donors (Lipinski definition) is 1. The Labute approximate surface area is 144 Å². The minimum Gasteiger partial charge on any atom is -0.338 e. The third-order valence-electron chi connectivity index (χ3n) is 3.70. The Bertz CT molecular complexity index is 850. The van der Waals surface area contributed by atoms with Gasteiger partial charge in [-0.2, -0.15) is 0 Å². The second-order valence-corrected chi connectivity index (χ2v) is 6.27. The van der Waals surface area contributed by atoms with E-state index < -0.39 is 0 Å². The van der Waals surface area contributed by atoms with Gasteiger partial charge in [-0.1, -0.05) is 36.2 Å². The van der Waals surface area contributed by atoms with E-state index in [1.165, 1.54) is 5.56 Å². The standard InChI is InChI=1S/C18H16Cl2N2O/c1-2-12-3-4-17-13(7-12)5-6-22(17)11-18(23)21-16-9-14(19)8-15(20)10-16/h3-10H,2,11H2,1H3,(H,21,23). The molecule has 2 aromatic carbocycles. The Morgan fingerprint density at radius 3 is 2.52 bits per heavy atom. The van der Waals surface area contributed by atoms with Crippen LogP contribution >= 0.6 is 23.2 Å². The van der Waals surface area contributed by atoms with Crippen molar-refractivity contribution in [2.45, 2.75) is 19.9 Å². The lowest BCUT2D eigenvalue weighted by atomic mass is 10.1. The fourth-order valence-electron chi connectivity index (χ4n) is 2.59. The molecule has 3 rings (SSSR count). The summed E-state index contributed by atoms with van der Waals surface area (Å²) < 4.78 is 1.93. The van der Waals surface area contributed by atoms with Crippen LogP contribution in [0.4, 0.5) is 5.69 Å². The van der Waals surface area contributed by atoms with E-state index in [1.54, 1.807) is 18.2 Å². The first-order valence-electron chi connectivity index (χ1n) is 7.39. The first-order chi connectivity index (χ1) is 11.0. The first kappa shape index (κ1) is 15.9. The van der Waals surface area contributed by atoms with Gasteiger partial charge < -0.3 is 9.88 Å². The molecule has 1 heterocycles. The fourth-order valence-corrected chi connectivity index (χ4v) is 3.11. The average molecular weight is 347 g/mol. The number of fused-ring (bicyclic) bond motifs is 1. The van der Waals surface area contributed by atoms with Crippen LogP contribution < -0.4 is 5.32 Å². The summed E-state index contributed by atoms with van der Waals surface area (Å²) in [5.74, 6) is -0.125. The maximum atomic E-state index is 12.3. The summed E-state index contributed by atoms with van der Waals surface area (Å²) in [6.45, 7) is 2.36. The summed E-state index contributed by atoms with van der Waals surface area (Å²) >= 11 is 11.9. The third kappa shape index (κ3) is 3.69. The van der Waals surface area contributed by atoms with Crippen LogP contribution in [0.15, 0.2) is 48.7 Å². The van der Waals surface area contributed by atoms with Crippen molar-refractivity contribution in [1.82, 2.24) is 4.57 Å². The molecule has 0 aliphatic heterocycles. The van der Waals surface area contributed by atoms with Crippen molar-refractivity contribution in [3.05, 3.63) is 64.3 Å². The van der Waals surface area contributed by atoms with Crippen LogP contribution in [0.3, 0.4) is 0 Å². The van der Waals surface area contributed by atoms with E-state index in [-0.39, 0.29) is 12.5 Å². The molecule has 0 radical (unpaired) electrons. The van der Waals surface area contributed by atoms with Gasteiger partial charge in [0.15, 0.2) is 0 Å². The van der Waals surface area contributed by atoms with E-state index in [1.807, 2.05) is 16.8 Å². The van der Waals surface area contributed by atoms with Crippen LogP contribution in [0.5, 0.6) is 0 Å². The molecule has 23 heavy (non-hydrogen) atoms. The summed E-state index contributed by atoms with van der Waals surface area (Å²) in [6, 6.07) is 13.3. The maximum Gasteiger partial charge on any atom is 0.244 e. The predicted octanol–water partition coefficient (Wildman–Crippen LogP) is 5.15. The number of rotatable bonds is 4. The molecule has 3 nitrogen and oxygen atoms in total. The van der Waals surface area contributed by atoms with Crippen molar-refractivity contribution in [2.24, 2.45) is 0 Å². The fraction of sp³-hybridized carbons (Fsp3) is 0.167. The lowest BCUT2D eigenvalue weighted by molar-refractivity contribution is -0.116. The molecule has 1 N–H and O–H groups in total. The lowest BCUT2D eigenvalue weighted by Gasteiger charge is -2.08. The number of nitrogens with one attached hydrogen (secondary N) is 1. The van der Waals surface area contributed by atoms with Gasteiger partial charge in [-0.15, -0.1) is 0 Å². The van der Waals surface area contributed by atoms with Gasteiger partial charge in [0.1, 0.15) is 6.54 Å². The van der Waals surface area contributed by atoms with E-state index in [2.05, 4.69) is 30.4 Å². The zero-order valence-electron chi connectivity index (χ0n) is 12.6. The Hall–Kier alpha value is -1.97. The summed E-state index contributed by atoms with van der Waals surface area (Å²) in [5, 5.41) is 4.95. The largest absolute Gasteiger partial charge is 0.338 e. The number of nitrogens with zero attached hydrogens (tertiary/aromatic N) is 1. The van der Waals surface area contributed by atoms with Crippen molar-refractivity contribution in [3.63, 3.8) is 0 Å². The van der Waals surface area contributed by atoms with Gasteiger partial charge in [-0.3, -0.25) is 4.79 Å². The molecule has 0 saturated carbocycles. The highest BCUT2D eigenvalue weighted by Gasteiger charge is 2.08. The Morgan fingerprint density at radius 1 is 1.09 bits per heavy atom. The SMILES string of the molecule is CCc1ccc2c(ccn2CC(=O)Nc2cc(Cl)cc(Cl)c2)c1. The zero-order chi connectivity index (χ0) is 16.4. The van der Waals surface area contributed by atoms with Crippen molar-refractivity contribution >= 4 is 45.7 Å². The van der Waals surface area contributed by atoms with Crippen molar-refractivity contribution in [1.29, 1.82) is 0 Å². The molecule has 0 aliphatic carbocycles.